The summed E-state index contributed by atoms with van der Waals surface area (Å²) in [4.78, 5) is 32.8. The first-order chi connectivity index (χ1) is 18.1. The van der Waals surface area contributed by atoms with Crippen molar-refractivity contribution in [2.24, 2.45) is 7.05 Å². The predicted octanol–water partition coefficient (Wildman–Crippen LogP) is 4.74. The zero-order chi connectivity index (χ0) is 28.2. The molecule has 0 spiro atoms. The van der Waals surface area contributed by atoms with Crippen molar-refractivity contribution < 1.29 is 19.3 Å². The minimum absolute atomic E-state index is 0.00592. The second-order valence-electron chi connectivity index (χ2n) is 8.07. The quantitative estimate of drug-likeness (QED) is 0.183. The fourth-order valence-electron chi connectivity index (χ4n) is 3.44. The maximum atomic E-state index is 11.8. The van der Waals surface area contributed by atoms with Gasteiger partial charge in [0.25, 0.3) is 16.9 Å². The third-order valence-electron chi connectivity index (χ3n) is 5.29. The number of rotatable bonds is 11. The summed E-state index contributed by atoms with van der Waals surface area (Å²) >= 11 is 3.26. The van der Waals surface area contributed by atoms with E-state index in [0.717, 1.165) is 15.6 Å². The molecule has 0 unspecified atom stereocenters. The van der Waals surface area contributed by atoms with E-state index in [1.807, 2.05) is 0 Å². The van der Waals surface area contributed by atoms with Crippen LogP contribution in [-0.4, -0.2) is 54.9 Å². The first-order valence-electron chi connectivity index (χ1n) is 11.4. The summed E-state index contributed by atoms with van der Waals surface area (Å²) < 4.78 is 12.1. The Labute approximate surface area is 228 Å². The third-order valence-corrected chi connectivity index (χ3v) is 5.78. The molecule has 2 aromatic carbocycles. The number of aromatic nitrogens is 1. The van der Waals surface area contributed by atoms with Gasteiger partial charge in [-0.1, -0.05) is 15.9 Å². The average molecular weight is 592 g/mol. The second-order valence-corrected chi connectivity index (χ2v) is 8.99. The summed E-state index contributed by atoms with van der Waals surface area (Å²) in [7, 11) is 4.83. The Hall–Kier alpha value is -3.81. The number of nitro groups is 2. The van der Waals surface area contributed by atoms with Crippen LogP contribution >= 0.6 is 15.9 Å². The Kier molecular flexibility index (Phi) is 11.9. The Morgan fingerprint density at radius 2 is 1.39 bits per heavy atom. The molecular formula is C25H30BrN5O7. The molecule has 0 saturated heterocycles. The number of anilines is 2. The van der Waals surface area contributed by atoms with Gasteiger partial charge in [0.1, 0.15) is 11.4 Å². The van der Waals surface area contributed by atoms with Crippen molar-refractivity contribution in [1.29, 1.82) is 0 Å². The molecule has 0 amide bonds. The molecule has 0 saturated carbocycles. The number of nitrogens with one attached hydrogen (secondary N) is 2. The lowest BCUT2D eigenvalue weighted by molar-refractivity contribution is -0.384. The van der Waals surface area contributed by atoms with Crippen molar-refractivity contribution in [3.8, 4) is 11.1 Å². The van der Waals surface area contributed by atoms with Gasteiger partial charge in [0.2, 0.25) is 0 Å². The third kappa shape index (κ3) is 8.64. The highest BCUT2D eigenvalue weighted by Crippen LogP contribution is 2.30. The number of hydrogen-bond acceptors (Lipinski definition) is 9. The number of nitrogens with zero attached hydrogens (tertiary/aromatic N) is 3. The molecule has 2 N–H and O–H groups in total. The van der Waals surface area contributed by atoms with Crippen molar-refractivity contribution in [1.82, 2.24) is 4.57 Å². The van der Waals surface area contributed by atoms with E-state index in [1.54, 1.807) is 64.7 Å². The molecule has 0 fully saturated rings. The molecule has 13 heteroatoms. The monoisotopic (exact) mass is 591 g/mol. The molecule has 0 aliphatic heterocycles. The highest BCUT2D eigenvalue weighted by atomic mass is 79.9. The van der Waals surface area contributed by atoms with E-state index in [1.165, 1.54) is 16.7 Å². The molecule has 0 aliphatic rings. The second kappa shape index (κ2) is 14.8. The van der Waals surface area contributed by atoms with Crippen LogP contribution in [0.5, 0.6) is 0 Å². The molecule has 12 nitrogen and oxygen atoms in total. The van der Waals surface area contributed by atoms with Crippen LogP contribution in [0, 0.1) is 27.2 Å². The Balaban J connectivity index is 0.000000293. The molecule has 0 atom stereocenters. The zero-order valence-corrected chi connectivity index (χ0v) is 23.1. The molecule has 38 heavy (non-hydrogen) atoms. The van der Waals surface area contributed by atoms with Crippen molar-refractivity contribution in [3.05, 3.63) is 89.3 Å². The van der Waals surface area contributed by atoms with Gasteiger partial charge in [-0.15, -0.1) is 0 Å². The molecular weight excluding hydrogens is 562 g/mol. The maximum absolute atomic E-state index is 11.8. The van der Waals surface area contributed by atoms with Crippen molar-refractivity contribution in [2.45, 2.75) is 6.92 Å². The van der Waals surface area contributed by atoms with Gasteiger partial charge in [-0.2, -0.15) is 0 Å². The zero-order valence-electron chi connectivity index (χ0n) is 21.5. The average Bonchev–Trinajstić information content (AvgIpc) is 2.87. The Morgan fingerprint density at radius 1 is 0.868 bits per heavy atom. The lowest BCUT2D eigenvalue weighted by Gasteiger charge is -2.10. The minimum atomic E-state index is -0.426. The first kappa shape index (κ1) is 30.4. The molecule has 1 aromatic heterocycles. The van der Waals surface area contributed by atoms with Gasteiger partial charge in [0, 0.05) is 62.7 Å². The molecule has 3 rings (SSSR count). The van der Waals surface area contributed by atoms with Crippen molar-refractivity contribution in [2.75, 3.05) is 51.2 Å². The van der Waals surface area contributed by atoms with Gasteiger partial charge < -0.3 is 24.7 Å². The van der Waals surface area contributed by atoms with Crippen molar-refractivity contribution >= 4 is 38.7 Å². The summed E-state index contributed by atoms with van der Waals surface area (Å²) in [5.41, 5.74) is 3.18. The smallest absolute Gasteiger partial charge is 0.292 e. The Bertz CT molecular complexity index is 1300. The van der Waals surface area contributed by atoms with Crippen LogP contribution in [-0.2, 0) is 16.5 Å². The van der Waals surface area contributed by atoms with Crippen molar-refractivity contribution in [3.63, 3.8) is 0 Å². The van der Waals surface area contributed by atoms with Crippen LogP contribution in [0.4, 0.5) is 22.7 Å². The minimum Gasteiger partial charge on any atom is -0.383 e. The number of hydrogen-bond donors (Lipinski definition) is 2. The summed E-state index contributed by atoms with van der Waals surface area (Å²) in [5.74, 6) is 0. The number of halogens is 1. The summed E-state index contributed by atoms with van der Waals surface area (Å²) in [6.07, 6.45) is 1.72. The molecule has 0 radical (unpaired) electrons. The van der Waals surface area contributed by atoms with E-state index >= 15 is 0 Å². The van der Waals surface area contributed by atoms with Gasteiger partial charge >= 0.3 is 0 Å². The fraction of sp³-hybridized carbons (Fsp3) is 0.320. The maximum Gasteiger partial charge on any atom is 0.292 e. The predicted molar refractivity (Wildman–Crippen MR) is 150 cm³/mol. The number of methoxy groups -OCH3 is 2. The van der Waals surface area contributed by atoms with E-state index in [4.69, 9.17) is 9.47 Å². The lowest BCUT2D eigenvalue weighted by atomic mass is 10.0. The van der Waals surface area contributed by atoms with Crippen LogP contribution in [0.2, 0.25) is 0 Å². The fourth-order valence-corrected chi connectivity index (χ4v) is 3.80. The number of aryl methyl sites for hydroxylation is 2. The van der Waals surface area contributed by atoms with Gasteiger partial charge in [0.05, 0.1) is 23.1 Å². The van der Waals surface area contributed by atoms with E-state index in [-0.39, 0.29) is 16.9 Å². The number of benzene rings is 2. The summed E-state index contributed by atoms with van der Waals surface area (Å²) in [5, 5.41) is 27.8. The molecule has 204 valence electrons. The van der Waals surface area contributed by atoms with E-state index in [2.05, 4.69) is 26.6 Å². The molecule has 0 aliphatic carbocycles. The highest BCUT2D eigenvalue weighted by Gasteiger charge is 2.15. The van der Waals surface area contributed by atoms with E-state index in [9.17, 15) is 25.0 Å². The molecule has 3 aromatic rings. The van der Waals surface area contributed by atoms with Crippen LogP contribution < -0.4 is 16.2 Å². The molecule has 0 bridgehead atoms. The lowest BCUT2D eigenvalue weighted by Crippen LogP contribution is -2.18. The van der Waals surface area contributed by atoms with E-state index in [0.29, 0.717) is 43.2 Å². The van der Waals surface area contributed by atoms with Gasteiger partial charge in [-0.05, 0) is 48.4 Å². The van der Waals surface area contributed by atoms with Gasteiger partial charge in [-0.3, -0.25) is 25.0 Å². The summed E-state index contributed by atoms with van der Waals surface area (Å²) in [6, 6.07) is 11.4. The number of nitro benzene ring substituents is 2. The normalized spacial score (nSPS) is 10.3. The van der Waals surface area contributed by atoms with E-state index < -0.39 is 9.85 Å². The topological polar surface area (TPSA) is 151 Å². The number of pyridine rings is 1. The highest BCUT2D eigenvalue weighted by molar-refractivity contribution is 9.10. The number of ether oxygens (including phenoxy) is 2. The van der Waals surface area contributed by atoms with Gasteiger partial charge in [0.15, 0.2) is 0 Å². The van der Waals surface area contributed by atoms with Crippen LogP contribution in [0.3, 0.4) is 0 Å². The Morgan fingerprint density at radius 3 is 1.89 bits per heavy atom. The van der Waals surface area contributed by atoms with Crippen LogP contribution in [0.15, 0.2) is 57.9 Å². The first-order valence-corrected chi connectivity index (χ1v) is 12.2. The largest absolute Gasteiger partial charge is 0.383 e. The molecule has 1 heterocycles. The van der Waals surface area contributed by atoms with Crippen LogP contribution in [0.1, 0.15) is 5.56 Å². The van der Waals surface area contributed by atoms with Crippen LogP contribution in [0.25, 0.3) is 11.1 Å². The van der Waals surface area contributed by atoms with Gasteiger partial charge in [-0.25, -0.2) is 0 Å². The SMILES string of the molecule is COCCNc1cc(-c2cc(C)c(=O)n(C)c2)ccc1[N+](=O)[O-].COCCNc1cc(Br)ccc1[N+](=O)[O-]. The standard InChI is InChI=1S/C16H19N3O4.C9H11BrN2O3/c1-11-8-13(10-18(2)16(11)20)12-4-5-15(19(21)22)14(9-12)17-6-7-23-3;1-15-5-4-11-8-6-7(10)2-3-9(8)12(13)14/h4-5,8-10,17H,6-7H2,1-3H3;2-3,6,11H,4-5H2,1H3. The summed E-state index contributed by atoms with van der Waals surface area (Å²) in [6.45, 7) is 3.69.